The van der Waals surface area contributed by atoms with E-state index in [1.54, 1.807) is 6.08 Å². The molecule has 2 aromatic carbocycles. The molecule has 0 aliphatic carbocycles. The van der Waals surface area contributed by atoms with Gasteiger partial charge in [0.05, 0.1) is 6.61 Å². The quantitative estimate of drug-likeness (QED) is 0.400. The highest BCUT2D eigenvalue weighted by atomic mass is 32.1. The van der Waals surface area contributed by atoms with Crippen LogP contribution in [-0.2, 0) is 11.2 Å². The molecule has 0 aliphatic rings. The van der Waals surface area contributed by atoms with Crippen LogP contribution in [0.5, 0.6) is 5.75 Å². The fourth-order valence-corrected chi connectivity index (χ4v) is 2.67. The van der Waals surface area contributed by atoms with Gasteiger partial charge in [-0.05, 0) is 67.4 Å². The molecule has 0 fully saturated rings. The summed E-state index contributed by atoms with van der Waals surface area (Å²) < 4.78 is 5.39. The summed E-state index contributed by atoms with van der Waals surface area (Å²) in [6.45, 7) is 6.66. The van der Waals surface area contributed by atoms with Crippen molar-refractivity contribution in [2.24, 2.45) is 0 Å². The summed E-state index contributed by atoms with van der Waals surface area (Å²) in [5.74, 6) is 0.508. The molecule has 0 saturated carbocycles. The number of carbonyl (C=O) groups excluding carboxylic acids is 1. The molecule has 0 radical (unpaired) electrons. The molecule has 0 aromatic heterocycles. The number of ether oxygens (including phenoxy) is 1. The molecule has 0 saturated heterocycles. The Bertz CT molecular complexity index is 817. The molecule has 2 aromatic rings. The second kappa shape index (κ2) is 10.3. The minimum Gasteiger partial charge on any atom is -0.494 e. The van der Waals surface area contributed by atoms with E-state index in [1.165, 1.54) is 11.6 Å². The molecule has 5 nitrogen and oxygen atoms in total. The van der Waals surface area contributed by atoms with Gasteiger partial charge in [0, 0.05) is 11.8 Å². The fraction of sp³-hybridized carbons (Fsp3) is 0.238. The van der Waals surface area contributed by atoms with Gasteiger partial charge in [-0.3, -0.25) is 15.6 Å². The van der Waals surface area contributed by atoms with Crippen LogP contribution in [0.1, 0.15) is 30.5 Å². The van der Waals surface area contributed by atoms with Crippen molar-refractivity contribution in [2.75, 3.05) is 11.9 Å². The fourth-order valence-electron chi connectivity index (χ4n) is 2.52. The predicted octanol–water partition coefficient (Wildman–Crippen LogP) is 3.99. The van der Waals surface area contributed by atoms with Crippen LogP contribution >= 0.6 is 12.2 Å². The number of hydrazine groups is 1. The van der Waals surface area contributed by atoms with E-state index >= 15 is 0 Å². The van der Waals surface area contributed by atoms with Crippen LogP contribution in [0.3, 0.4) is 0 Å². The first-order chi connectivity index (χ1) is 13.0. The van der Waals surface area contributed by atoms with E-state index in [2.05, 4.69) is 29.2 Å². The second-order valence-corrected chi connectivity index (χ2v) is 6.27. The van der Waals surface area contributed by atoms with Crippen molar-refractivity contribution in [1.29, 1.82) is 0 Å². The molecule has 0 spiro atoms. The van der Waals surface area contributed by atoms with E-state index in [4.69, 9.17) is 17.0 Å². The predicted molar refractivity (Wildman–Crippen MR) is 115 cm³/mol. The number of nitrogens with one attached hydrogen (secondary N) is 3. The smallest absolute Gasteiger partial charge is 0.262 e. The number of hydrogen-bond acceptors (Lipinski definition) is 3. The van der Waals surface area contributed by atoms with Gasteiger partial charge in [-0.15, -0.1) is 0 Å². The molecule has 0 heterocycles. The summed E-state index contributed by atoms with van der Waals surface area (Å²) in [5.41, 5.74) is 9.42. The summed E-state index contributed by atoms with van der Waals surface area (Å²) in [7, 11) is 0. The van der Waals surface area contributed by atoms with Crippen LogP contribution in [0.15, 0.2) is 48.5 Å². The molecule has 1 amide bonds. The zero-order valence-corrected chi connectivity index (χ0v) is 16.7. The average Bonchev–Trinajstić information content (AvgIpc) is 2.67. The summed E-state index contributed by atoms with van der Waals surface area (Å²) in [5, 5.41) is 3.48. The summed E-state index contributed by atoms with van der Waals surface area (Å²) in [6, 6.07) is 13.6. The number of hydrogen-bond donors (Lipinski definition) is 3. The lowest BCUT2D eigenvalue weighted by Gasteiger charge is -2.15. The van der Waals surface area contributed by atoms with Gasteiger partial charge in [-0.2, -0.15) is 0 Å². The summed E-state index contributed by atoms with van der Waals surface area (Å²) in [4.78, 5) is 12.0. The van der Waals surface area contributed by atoms with Crippen molar-refractivity contribution < 1.29 is 9.53 Å². The van der Waals surface area contributed by atoms with E-state index < -0.39 is 0 Å². The molecule has 142 valence electrons. The van der Waals surface area contributed by atoms with E-state index in [9.17, 15) is 4.79 Å². The van der Waals surface area contributed by atoms with Gasteiger partial charge in [-0.1, -0.05) is 37.3 Å². The number of aryl methyl sites for hydroxylation is 2. The maximum absolute atomic E-state index is 12.0. The summed E-state index contributed by atoms with van der Waals surface area (Å²) >= 11 is 5.26. The van der Waals surface area contributed by atoms with Crippen LogP contribution in [0.25, 0.3) is 6.08 Å². The Balaban J connectivity index is 1.85. The van der Waals surface area contributed by atoms with Crippen molar-refractivity contribution >= 4 is 35.0 Å². The highest BCUT2D eigenvalue weighted by Gasteiger charge is 2.06. The van der Waals surface area contributed by atoms with E-state index in [0.717, 1.165) is 29.0 Å². The first kappa shape index (κ1) is 20.5. The number of amides is 1. The molecule has 0 unspecified atom stereocenters. The highest BCUT2D eigenvalue weighted by molar-refractivity contribution is 7.80. The van der Waals surface area contributed by atoms with Gasteiger partial charge in [0.25, 0.3) is 5.91 Å². The lowest BCUT2D eigenvalue weighted by atomic mass is 10.1. The SMILES string of the molecule is CCOc1ccc(/C=C/C(=O)NNC(=S)Nc2c(C)cccc2CC)cc1. The first-order valence-corrected chi connectivity index (χ1v) is 9.30. The third kappa shape index (κ3) is 6.42. The van der Waals surface area contributed by atoms with Gasteiger partial charge in [-0.25, -0.2) is 0 Å². The second-order valence-electron chi connectivity index (χ2n) is 5.87. The minimum atomic E-state index is -0.298. The zero-order chi connectivity index (χ0) is 19.6. The van der Waals surface area contributed by atoms with Gasteiger partial charge in [0.15, 0.2) is 5.11 Å². The van der Waals surface area contributed by atoms with Crippen molar-refractivity contribution in [3.05, 3.63) is 65.2 Å². The number of rotatable bonds is 6. The Kier molecular flexibility index (Phi) is 7.82. The topological polar surface area (TPSA) is 62.4 Å². The molecule has 3 N–H and O–H groups in total. The third-order valence-corrected chi connectivity index (χ3v) is 4.10. The molecule has 0 aliphatic heterocycles. The van der Waals surface area contributed by atoms with Gasteiger partial charge in [0.2, 0.25) is 0 Å². The van der Waals surface area contributed by atoms with Crippen LogP contribution < -0.4 is 20.9 Å². The van der Waals surface area contributed by atoms with Crippen molar-refractivity contribution in [2.45, 2.75) is 27.2 Å². The van der Waals surface area contributed by atoms with Crippen molar-refractivity contribution in [3.63, 3.8) is 0 Å². The number of anilines is 1. The van der Waals surface area contributed by atoms with Crippen molar-refractivity contribution in [1.82, 2.24) is 10.9 Å². The highest BCUT2D eigenvalue weighted by Crippen LogP contribution is 2.20. The Morgan fingerprint density at radius 1 is 1.11 bits per heavy atom. The lowest BCUT2D eigenvalue weighted by Crippen LogP contribution is -2.43. The van der Waals surface area contributed by atoms with Crippen LogP contribution in [-0.4, -0.2) is 17.6 Å². The number of para-hydroxylation sites is 1. The lowest BCUT2D eigenvalue weighted by molar-refractivity contribution is -0.116. The van der Waals surface area contributed by atoms with Gasteiger partial charge < -0.3 is 10.1 Å². The van der Waals surface area contributed by atoms with E-state index in [0.29, 0.717) is 11.7 Å². The Morgan fingerprint density at radius 3 is 2.52 bits per heavy atom. The average molecular weight is 384 g/mol. The third-order valence-electron chi connectivity index (χ3n) is 3.90. The Labute approximate surface area is 165 Å². The van der Waals surface area contributed by atoms with Gasteiger partial charge in [0.1, 0.15) is 5.75 Å². The zero-order valence-electron chi connectivity index (χ0n) is 15.8. The monoisotopic (exact) mass is 383 g/mol. The maximum atomic E-state index is 12.0. The molecular weight excluding hydrogens is 358 g/mol. The standard InChI is InChI=1S/C21H25N3O2S/c1-4-17-8-6-7-15(3)20(17)22-21(27)24-23-19(25)14-11-16-9-12-18(13-10-16)26-5-2/h6-14H,4-5H2,1-3H3,(H,23,25)(H2,22,24,27)/b14-11+. The van der Waals surface area contributed by atoms with Crippen LogP contribution in [0, 0.1) is 6.92 Å². The number of benzene rings is 2. The largest absolute Gasteiger partial charge is 0.494 e. The number of carbonyl (C=O) groups is 1. The van der Waals surface area contributed by atoms with Gasteiger partial charge >= 0.3 is 0 Å². The van der Waals surface area contributed by atoms with Crippen LogP contribution in [0.2, 0.25) is 0 Å². The molecule has 0 bridgehead atoms. The Hall–Kier alpha value is -2.86. The molecule has 27 heavy (non-hydrogen) atoms. The normalized spacial score (nSPS) is 10.5. The molecule has 6 heteroatoms. The molecule has 0 atom stereocenters. The van der Waals surface area contributed by atoms with Crippen LogP contribution in [0.4, 0.5) is 5.69 Å². The first-order valence-electron chi connectivity index (χ1n) is 8.89. The summed E-state index contributed by atoms with van der Waals surface area (Å²) in [6.07, 6.45) is 4.06. The van der Waals surface area contributed by atoms with E-state index in [-0.39, 0.29) is 5.91 Å². The van der Waals surface area contributed by atoms with Crippen molar-refractivity contribution in [3.8, 4) is 5.75 Å². The molecule has 2 rings (SSSR count). The number of thiocarbonyl (C=S) groups is 1. The molecular formula is C21H25N3O2S. The minimum absolute atomic E-state index is 0.298. The van der Waals surface area contributed by atoms with E-state index in [1.807, 2.05) is 50.2 Å². The Morgan fingerprint density at radius 2 is 1.85 bits per heavy atom. The maximum Gasteiger partial charge on any atom is 0.262 e.